The SMILES string of the molecule is C[C@H](OC(=O)NC1(c2cccnc2)CCCC1)c1ccc(CNc2ccccc2N)cc1. The predicted octanol–water partition coefficient (Wildman–Crippen LogP) is 5.53. The number of carbonyl (C=O) groups excluding carboxylic acids is 1. The van der Waals surface area contributed by atoms with Gasteiger partial charge in [-0.05, 0) is 54.7 Å². The zero-order chi connectivity index (χ0) is 22.4. The summed E-state index contributed by atoms with van der Waals surface area (Å²) in [6.07, 6.45) is 6.79. The third-order valence-electron chi connectivity index (χ3n) is 6.19. The molecule has 1 saturated carbocycles. The topological polar surface area (TPSA) is 89.3 Å². The zero-order valence-corrected chi connectivity index (χ0v) is 18.4. The van der Waals surface area contributed by atoms with E-state index in [0.717, 1.165) is 53.7 Å². The van der Waals surface area contributed by atoms with Crippen LogP contribution in [-0.2, 0) is 16.8 Å². The van der Waals surface area contributed by atoms with Gasteiger partial charge in [0.15, 0.2) is 0 Å². The van der Waals surface area contributed by atoms with E-state index in [1.54, 1.807) is 6.20 Å². The number of alkyl carbamates (subject to hydrolysis) is 1. The van der Waals surface area contributed by atoms with Gasteiger partial charge in [0.2, 0.25) is 0 Å². The lowest BCUT2D eigenvalue weighted by Crippen LogP contribution is -2.44. The van der Waals surface area contributed by atoms with E-state index in [0.29, 0.717) is 6.54 Å². The van der Waals surface area contributed by atoms with Gasteiger partial charge in [0, 0.05) is 18.9 Å². The van der Waals surface area contributed by atoms with Crippen LogP contribution in [0.15, 0.2) is 73.1 Å². The smallest absolute Gasteiger partial charge is 0.408 e. The van der Waals surface area contributed by atoms with Gasteiger partial charge in [-0.15, -0.1) is 0 Å². The number of benzene rings is 2. The summed E-state index contributed by atoms with van der Waals surface area (Å²) in [4.78, 5) is 17.0. The molecule has 0 saturated heterocycles. The third kappa shape index (κ3) is 5.02. The summed E-state index contributed by atoms with van der Waals surface area (Å²) >= 11 is 0. The van der Waals surface area contributed by atoms with E-state index >= 15 is 0 Å². The highest BCUT2D eigenvalue weighted by Crippen LogP contribution is 2.38. The third-order valence-corrected chi connectivity index (χ3v) is 6.19. The van der Waals surface area contributed by atoms with E-state index < -0.39 is 6.09 Å². The van der Waals surface area contributed by atoms with Gasteiger partial charge in [0.05, 0.1) is 16.9 Å². The van der Waals surface area contributed by atoms with Crippen LogP contribution in [0.25, 0.3) is 0 Å². The van der Waals surface area contributed by atoms with Crippen LogP contribution in [0.1, 0.15) is 55.4 Å². The Bertz CT molecular complexity index is 1030. The van der Waals surface area contributed by atoms with Crippen LogP contribution in [0, 0.1) is 0 Å². The number of nitrogens with two attached hydrogens (primary N) is 1. The predicted molar refractivity (Wildman–Crippen MR) is 127 cm³/mol. The Labute approximate surface area is 189 Å². The molecular formula is C26H30N4O2. The molecule has 6 nitrogen and oxygen atoms in total. The van der Waals surface area contributed by atoms with Gasteiger partial charge >= 0.3 is 6.09 Å². The van der Waals surface area contributed by atoms with Crippen molar-refractivity contribution in [1.29, 1.82) is 0 Å². The second-order valence-electron chi connectivity index (χ2n) is 8.39. The van der Waals surface area contributed by atoms with Crippen molar-refractivity contribution in [2.45, 2.75) is 50.8 Å². The largest absolute Gasteiger partial charge is 0.442 e. The molecule has 1 fully saturated rings. The molecule has 1 heterocycles. The first-order chi connectivity index (χ1) is 15.6. The van der Waals surface area contributed by atoms with Crippen molar-refractivity contribution in [3.63, 3.8) is 0 Å². The fourth-order valence-electron chi connectivity index (χ4n) is 4.33. The van der Waals surface area contributed by atoms with Crippen LogP contribution in [0.2, 0.25) is 0 Å². The first kappa shape index (κ1) is 21.7. The quantitative estimate of drug-likeness (QED) is 0.429. The molecule has 1 atom stereocenters. The fourth-order valence-corrected chi connectivity index (χ4v) is 4.33. The van der Waals surface area contributed by atoms with Crippen LogP contribution < -0.4 is 16.4 Å². The number of amides is 1. The maximum absolute atomic E-state index is 12.7. The second-order valence-corrected chi connectivity index (χ2v) is 8.39. The molecule has 0 bridgehead atoms. The normalized spacial score (nSPS) is 15.7. The molecule has 0 unspecified atom stereocenters. The Morgan fingerprint density at radius 3 is 2.53 bits per heavy atom. The van der Waals surface area contributed by atoms with E-state index in [2.05, 4.69) is 15.6 Å². The average molecular weight is 431 g/mol. The monoisotopic (exact) mass is 430 g/mol. The maximum atomic E-state index is 12.7. The van der Waals surface area contributed by atoms with Gasteiger partial charge in [-0.2, -0.15) is 0 Å². The van der Waals surface area contributed by atoms with Crippen LogP contribution >= 0.6 is 0 Å². The van der Waals surface area contributed by atoms with E-state index in [1.165, 1.54) is 0 Å². The number of aromatic nitrogens is 1. The molecule has 0 aliphatic heterocycles. The summed E-state index contributed by atoms with van der Waals surface area (Å²) in [5, 5.41) is 6.49. The number of nitrogens with one attached hydrogen (secondary N) is 2. The molecule has 0 spiro atoms. The van der Waals surface area contributed by atoms with E-state index in [1.807, 2.05) is 73.8 Å². The highest BCUT2D eigenvalue weighted by Gasteiger charge is 2.38. The first-order valence-corrected chi connectivity index (χ1v) is 11.1. The minimum absolute atomic E-state index is 0.353. The van der Waals surface area contributed by atoms with Crippen LogP contribution in [0.4, 0.5) is 16.2 Å². The summed E-state index contributed by atoms with van der Waals surface area (Å²) < 4.78 is 5.73. The van der Waals surface area contributed by atoms with Gasteiger partial charge in [-0.1, -0.05) is 55.3 Å². The molecule has 2 aromatic carbocycles. The maximum Gasteiger partial charge on any atom is 0.408 e. The van der Waals surface area contributed by atoms with Crippen molar-refractivity contribution in [2.24, 2.45) is 0 Å². The van der Waals surface area contributed by atoms with Crippen molar-refractivity contribution in [3.05, 3.63) is 89.7 Å². The number of anilines is 2. The summed E-state index contributed by atoms with van der Waals surface area (Å²) in [6.45, 7) is 2.56. The van der Waals surface area contributed by atoms with Crippen molar-refractivity contribution in [1.82, 2.24) is 10.3 Å². The molecule has 166 valence electrons. The lowest BCUT2D eigenvalue weighted by molar-refractivity contribution is 0.0958. The Balaban J connectivity index is 1.34. The molecule has 3 aromatic rings. The zero-order valence-electron chi connectivity index (χ0n) is 18.4. The molecule has 1 amide bonds. The molecule has 6 heteroatoms. The second kappa shape index (κ2) is 9.73. The van der Waals surface area contributed by atoms with Crippen LogP contribution in [0.3, 0.4) is 0 Å². The summed E-state index contributed by atoms with van der Waals surface area (Å²) in [5.74, 6) is 0. The molecule has 0 radical (unpaired) electrons. The summed E-state index contributed by atoms with van der Waals surface area (Å²) in [6, 6.07) is 19.7. The van der Waals surface area contributed by atoms with Crippen LogP contribution in [0.5, 0.6) is 0 Å². The van der Waals surface area contributed by atoms with Crippen molar-refractivity contribution < 1.29 is 9.53 Å². The van der Waals surface area contributed by atoms with E-state index in [4.69, 9.17) is 10.5 Å². The van der Waals surface area contributed by atoms with Crippen molar-refractivity contribution in [2.75, 3.05) is 11.1 Å². The Kier molecular flexibility index (Phi) is 6.59. The van der Waals surface area contributed by atoms with Gasteiger partial charge in [-0.3, -0.25) is 4.98 Å². The molecular weight excluding hydrogens is 400 g/mol. The highest BCUT2D eigenvalue weighted by molar-refractivity contribution is 5.69. The molecule has 1 aliphatic carbocycles. The number of hydrogen-bond acceptors (Lipinski definition) is 5. The Morgan fingerprint density at radius 2 is 1.84 bits per heavy atom. The standard InChI is InChI=1S/C26H30N4O2/c1-19(21-12-10-20(11-13-21)17-29-24-9-3-2-8-23(24)27)32-25(31)30-26(14-4-5-15-26)22-7-6-16-28-18-22/h2-3,6-13,16,18-19,29H,4-5,14-15,17,27H2,1H3,(H,30,31)/t19-/m0/s1. The van der Waals surface area contributed by atoms with Gasteiger partial charge in [0.25, 0.3) is 0 Å². The number of nitrogen functional groups attached to an aromatic ring is 1. The molecule has 1 aliphatic rings. The Morgan fingerprint density at radius 1 is 1.09 bits per heavy atom. The van der Waals surface area contributed by atoms with Gasteiger partial charge in [0.1, 0.15) is 6.10 Å². The number of hydrogen-bond donors (Lipinski definition) is 3. The van der Waals surface area contributed by atoms with E-state index in [-0.39, 0.29) is 11.6 Å². The molecule has 32 heavy (non-hydrogen) atoms. The molecule has 4 rings (SSSR count). The Hall–Kier alpha value is -3.54. The first-order valence-electron chi connectivity index (χ1n) is 11.1. The lowest BCUT2D eigenvalue weighted by atomic mass is 9.89. The number of carbonyl (C=O) groups is 1. The molecule has 4 N–H and O–H groups in total. The highest BCUT2D eigenvalue weighted by atomic mass is 16.6. The number of para-hydroxylation sites is 2. The summed E-state index contributed by atoms with van der Waals surface area (Å²) in [5.41, 5.74) is 10.3. The number of pyridine rings is 1. The van der Waals surface area contributed by atoms with Gasteiger partial charge < -0.3 is 21.1 Å². The van der Waals surface area contributed by atoms with E-state index in [9.17, 15) is 4.79 Å². The fraction of sp³-hybridized carbons (Fsp3) is 0.308. The number of nitrogens with zero attached hydrogens (tertiary/aromatic N) is 1. The minimum Gasteiger partial charge on any atom is -0.442 e. The number of rotatable bonds is 7. The van der Waals surface area contributed by atoms with Gasteiger partial charge in [-0.25, -0.2) is 4.79 Å². The number of ether oxygens (including phenoxy) is 1. The lowest BCUT2D eigenvalue weighted by Gasteiger charge is -2.30. The molecule has 1 aromatic heterocycles. The van der Waals surface area contributed by atoms with Crippen molar-refractivity contribution in [3.8, 4) is 0 Å². The van der Waals surface area contributed by atoms with Crippen LogP contribution in [-0.4, -0.2) is 11.1 Å². The minimum atomic E-state index is -0.395. The average Bonchev–Trinajstić information content (AvgIpc) is 3.29. The summed E-state index contributed by atoms with van der Waals surface area (Å²) in [7, 11) is 0. The van der Waals surface area contributed by atoms with Crippen molar-refractivity contribution >= 4 is 17.5 Å².